The Kier molecular flexibility index (Phi) is 13.7. The molecule has 0 aliphatic heterocycles. The van der Waals surface area contributed by atoms with Crippen molar-refractivity contribution in [2.24, 2.45) is 5.92 Å². The second-order valence-electron chi connectivity index (χ2n) is 4.05. The third-order valence-corrected chi connectivity index (χ3v) is 3.59. The molecule has 5 heteroatoms. The fraction of sp³-hybridized carbons (Fsp3) is 0.571. The largest absolute Gasteiger partial charge is 0.400 e. The van der Waals surface area contributed by atoms with E-state index in [1.54, 1.807) is 6.07 Å². The van der Waals surface area contributed by atoms with Gasteiger partial charge in [0.15, 0.2) is 0 Å². The molecule has 3 N–H and O–H groups in total. The number of aliphatic hydroxyl groups is 3. The van der Waals surface area contributed by atoms with Gasteiger partial charge in [-0.15, -0.1) is 9.24 Å². The van der Waals surface area contributed by atoms with E-state index in [4.69, 9.17) is 10.2 Å². The van der Waals surface area contributed by atoms with Crippen LogP contribution in [-0.4, -0.2) is 41.8 Å². The molecule has 0 bridgehead atoms. The van der Waals surface area contributed by atoms with Gasteiger partial charge in [-0.3, -0.25) is 0 Å². The van der Waals surface area contributed by atoms with Crippen LogP contribution in [0.25, 0.3) is 0 Å². The van der Waals surface area contributed by atoms with E-state index in [1.807, 2.05) is 19.9 Å². The molecule has 0 amide bonds. The van der Waals surface area contributed by atoms with Gasteiger partial charge >= 0.3 is 0 Å². The molecule has 19 heavy (non-hydrogen) atoms. The van der Waals surface area contributed by atoms with E-state index in [0.717, 1.165) is 25.9 Å². The van der Waals surface area contributed by atoms with Crippen LogP contribution in [0.4, 0.5) is 4.39 Å². The lowest BCUT2D eigenvalue weighted by Crippen LogP contribution is -2.25. The van der Waals surface area contributed by atoms with Crippen molar-refractivity contribution in [2.75, 3.05) is 20.4 Å². The Morgan fingerprint density at radius 1 is 1.16 bits per heavy atom. The van der Waals surface area contributed by atoms with Gasteiger partial charge in [0.1, 0.15) is 5.82 Å². The number of aliphatic hydroxyl groups excluding tert-OH is 3. The number of benzene rings is 1. The molecule has 1 unspecified atom stereocenters. The van der Waals surface area contributed by atoms with Crippen molar-refractivity contribution in [3.05, 3.63) is 35.6 Å². The standard InChI is InChI=1S/C12H18FOP.2CH4O/c1-8(7-15)12(14)9(2)10-4-3-5-11(13)6-10;2*1-2/h3-6,8-9,12,14H,7,15H2,1-2H3;2*2H,1H3/t8-,9-,12+;;/m1../s1. The highest BCUT2D eigenvalue weighted by atomic mass is 31.0. The topological polar surface area (TPSA) is 60.7 Å². The normalized spacial score (nSPS) is 14.2. The van der Waals surface area contributed by atoms with Gasteiger partial charge in [-0.1, -0.05) is 26.0 Å². The molecule has 1 aromatic carbocycles. The highest BCUT2D eigenvalue weighted by Gasteiger charge is 2.21. The molecule has 0 fully saturated rings. The van der Waals surface area contributed by atoms with Crippen molar-refractivity contribution in [3.63, 3.8) is 0 Å². The van der Waals surface area contributed by atoms with Crippen molar-refractivity contribution in [1.82, 2.24) is 0 Å². The highest BCUT2D eigenvalue weighted by molar-refractivity contribution is 7.16. The predicted molar refractivity (Wildman–Crippen MR) is 80.8 cm³/mol. The molecule has 3 nitrogen and oxygen atoms in total. The first-order valence-corrected chi connectivity index (χ1v) is 6.91. The van der Waals surface area contributed by atoms with E-state index >= 15 is 0 Å². The van der Waals surface area contributed by atoms with E-state index in [9.17, 15) is 9.50 Å². The summed E-state index contributed by atoms with van der Waals surface area (Å²) in [5.74, 6) is -0.0745. The van der Waals surface area contributed by atoms with Crippen LogP contribution in [0.3, 0.4) is 0 Å². The van der Waals surface area contributed by atoms with Crippen molar-refractivity contribution in [2.45, 2.75) is 25.9 Å². The monoisotopic (exact) mass is 292 g/mol. The summed E-state index contributed by atoms with van der Waals surface area (Å²) in [6.45, 7) is 3.92. The number of hydrogen-bond acceptors (Lipinski definition) is 3. The molecule has 1 rings (SSSR count). The van der Waals surface area contributed by atoms with Crippen LogP contribution in [0, 0.1) is 11.7 Å². The van der Waals surface area contributed by atoms with Crippen molar-refractivity contribution < 1.29 is 19.7 Å². The molecule has 0 radical (unpaired) electrons. The molecular formula is C14H26FO3P. The van der Waals surface area contributed by atoms with Gasteiger partial charge in [-0.25, -0.2) is 4.39 Å². The maximum Gasteiger partial charge on any atom is 0.123 e. The van der Waals surface area contributed by atoms with Crippen LogP contribution in [0.5, 0.6) is 0 Å². The van der Waals surface area contributed by atoms with Gasteiger partial charge in [0.2, 0.25) is 0 Å². The first-order valence-electron chi connectivity index (χ1n) is 6.09. The van der Waals surface area contributed by atoms with Crippen LogP contribution >= 0.6 is 9.24 Å². The van der Waals surface area contributed by atoms with Crippen LogP contribution < -0.4 is 0 Å². The van der Waals surface area contributed by atoms with E-state index < -0.39 is 6.10 Å². The number of rotatable bonds is 4. The van der Waals surface area contributed by atoms with Gasteiger partial charge in [0.05, 0.1) is 6.10 Å². The quantitative estimate of drug-likeness (QED) is 0.744. The SMILES string of the molecule is CO.CO.C[C@H](CP)[C@H](O)[C@H](C)c1cccc(F)c1. The maximum atomic E-state index is 13.0. The van der Waals surface area contributed by atoms with Crippen molar-refractivity contribution >= 4 is 9.24 Å². The van der Waals surface area contributed by atoms with E-state index in [1.165, 1.54) is 12.1 Å². The molecule has 0 aromatic heterocycles. The lowest BCUT2D eigenvalue weighted by atomic mass is 9.89. The molecule has 0 aliphatic rings. The van der Waals surface area contributed by atoms with E-state index in [2.05, 4.69) is 9.24 Å². The fourth-order valence-electron chi connectivity index (χ4n) is 1.62. The number of hydrogen-bond donors (Lipinski definition) is 3. The summed E-state index contributed by atoms with van der Waals surface area (Å²) in [5.41, 5.74) is 0.854. The maximum absolute atomic E-state index is 13.0. The van der Waals surface area contributed by atoms with E-state index in [0.29, 0.717) is 0 Å². The first kappa shape index (κ1) is 20.8. The first-order chi connectivity index (χ1) is 9.06. The summed E-state index contributed by atoms with van der Waals surface area (Å²) < 4.78 is 13.0. The molecule has 0 saturated carbocycles. The molecule has 4 atom stereocenters. The minimum Gasteiger partial charge on any atom is -0.400 e. The van der Waals surface area contributed by atoms with Gasteiger partial charge < -0.3 is 15.3 Å². The summed E-state index contributed by atoms with van der Waals surface area (Å²) in [6, 6.07) is 6.44. The Bertz CT molecular complexity index is 323. The third kappa shape index (κ3) is 7.58. The summed E-state index contributed by atoms with van der Waals surface area (Å²) in [4.78, 5) is 0. The molecule has 0 spiro atoms. The Balaban J connectivity index is 0. The molecular weight excluding hydrogens is 266 g/mol. The summed E-state index contributed by atoms with van der Waals surface area (Å²) in [5, 5.41) is 24.0. The molecule has 0 aliphatic carbocycles. The average molecular weight is 292 g/mol. The minimum atomic E-state index is -0.427. The molecule has 112 valence electrons. The van der Waals surface area contributed by atoms with Crippen LogP contribution in [0.2, 0.25) is 0 Å². The van der Waals surface area contributed by atoms with Gasteiger partial charge in [-0.2, -0.15) is 0 Å². The van der Waals surface area contributed by atoms with Crippen LogP contribution in [-0.2, 0) is 0 Å². The second-order valence-corrected chi connectivity index (χ2v) is 4.52. The Morgan fingerprint density at radius 2 is 1.68 bits per heavy atom. The molecule has 0 saturated heterocycles. The van der Waals surface area contributed by atoms with Gasteiger partial charge in [0, 0.05) is 20.1 Å². The zero-order chi connectivity index (χ0) is 15.4. The number of halogens is 1. The summed E-state index contributed by atoms with van der Waals surface area (Å²) in [6.07, 6.45) is 0.421. The van der Waals surface area contributed by atoms with Gasteiger partial charge in [0.25, 0.3) is 0 Å². The van der Waals surface area contributed by atoms with Crippen LogP contribution in [0.1, 0.15) is 25.3 Å². The summed E-state index contributed by atoms with van der Waals surface area (Å²) >= 11 is 0. The van der Waals surface area contributed by atoms with Crippen LogP contribution in [0.15, 0.2) is 24.3 Å². The third-order valence-electron chi connectivity index (χ3n) is 2.84. The Labute approximate surface area is 117 Å². The Hall–Kier alpha value is -0.540. The summed E-state index contributed by atoms with van der Waals surface area (Å²) in [7, 11) is 4.62. The van der Waals surface area contributed by atoms with Crippen molar-refractivity contribution in [1.29, 1.82) is 0 Å². The zero-order valence-electron chi connectivity index (χ0n) is 12.0. The molecule has 1 aromatic rings. The van der Waals surface area contributed by atoms with Gasteiger partial charge in [-0.05, 0) is 29.8 Å². The Morgan fingerprint density at radius 3 is 2.11 bits per heavy atom. The molecule has 0 heterocycles. The second kappa shape index (κ2) is 12.5. The zero-order valence-corrected chi connectivity index (χ0v) is 13.2. The smallest absolute Gasteiger partial charge is 0.123 e. The highest BCUT2D eigenvalue weighted by Crippen LogP contribution is 2.25. The lowest BCUT2D eigenvalue weighted by molar-refractivity contribution is 0.104. The lowest BCUT2D eigenvalue weighted by Gasteiger charge is -2.24. The van der Waals surface area contributed by atoms with E-state index in [-0.39, 0.29) is 17.7 Å². The average Bonchev–Trinajstić information content (AvgIpc) is 2.49. The van der Waals surface area contributed by atoms with Crippen molar-refractivity contribution in [3.8, 4) is 0 Å². The fourth-order valence-corrected chi connectivity index (χ4v) is 1.90. The predicted octanol–water partition coefficient (Wildman–Crippen LogP) is 2.02. The minimum absolute atomic E-state index is 0.0313.